The topological polar surface area (TPSA) is 66.8 Å². The van der Waals surface area contributed by atoms with Gasteiger partial charge in [0.1, 0.15) is 0 Å². The van der Waals surface area contributed by atoms with Crippen molar-refractivity contribution >= 4 is 23.6 Å². The van der Waals surface area contributed by atoms with E-state index < -0.39 is 12.1 Å². The number of ether oxygens (including phenoxy) is 1. The molecule has 1 saturated heterocycles. The molecule has 0 spiro atoms. The van der Waals surface area contributed by atoms with Crippen molar-refractivity contribution in [2.45, 2.75) is 29.2 Å². The molecular formula is C20H21NO4S. The van der Waals surface area contributed by atoms with Crippen molar-refractivity contribution in [1.29, 1.82) is 0 Å². The molecule has 136 valence electrons. The number of aliphatic carboxylic acids is 1. The summed E-state index contributed by atoms with van der Waals surface area (Å²) >= 11 is 1.56. The van der Waals surface area contributed by atoms with Crippen molar-refractivity contribution < 1.29 is 19.4 Å². The van der Waals surface area contributed by atoms with Gasteiger partial charge in [0.2, 0.25) is 0 Å². The number of carboxylic acids is 1. The van der Waals surface area contributed by atoms with Crippen molar-refractivity contribution in [3.63, 3.8) is 0 Å². The van der Waals surface area contributed by atoms with Gasteiger partial charge < -0.3 is 14.7 Å². The Kier molecular flexibility index (Phi) is 5.96. The summed E-state index contributed by atoms with van der Waals surface area (Å²) in [4.78, 5) is 27.6. The molecule has 0 radical (unpaired) electrons. The molecule has 1 amide bonds. The van der Waals surface area contributed by atoms with Crippen LogP contribution < -0.4 is 0 Å². The third kappa shape index (κ3) is 4.65. The van der Waals surface area contributed by atoms with E-state index in [-0.39, 0.29) is 12.3 Å². The van der Waals surface area contributed by atoms with Crippen LogP contribution in [-0.4, -0.2) is 47.7 Å². The number of carbonyl (C=O) groups excluding carboxylic acids is 1. The molecule has 1 aliphatic rings. The van der Waals surface area contributed by atoms with Gasteiger partial charge in [0.15, 0.2) is 0 Å². The van der Waals surface area contributed by atoms with Crippen LogP contribution >= 0.6 is 11.8 Å². The lowest BCUT2D eigenvalue weighted by molar-refractivity contribution is -0.141. The monoisotopic (exact) mass is 371 g/mol. The molecule has 1 heterocycles. The number of morpholine rings is 1. The quantitative estimate of drug-likeness (QED) is 0.872. The van der Waals surface area contributed by atoms with Gasteiger partial charge in [0.25, 0.3) is 5.91 Å². The Morgan fingerprint density at radius 2 is 2.00 bits per heavy atom. The summed E-state index contributed by atoms with van der Waals surface area (Å²) in [6.07, 6.45) is -0.551. The van der Waals surface area contributed by atoms with Crippen LogP contribution in [0, 0.1) is 6.92 Å². The Balaban J connectivity index is 1.81. The van der Waals surface area contributed by atoms with Crippen LogP contribution in [-0.2, 0) is 9.53 Å². The van der Waals surface area contributed by atoms with Crippen molar-refractivity contribution in [3.8, 4) is 0 Å². The first-order chi connectivity index (χ1) is 12.5. The van der Waals surface area contributed by atoms with Crippen LogP contribution in [0.2, 0.25) is 0 Å². The maximum absolute atomic E-state index is 13.1. The standard InChI is InChI=1S/C20H21NO4S/c1-14-7-8-17(18(11-14)26-16-5-3-2-4-6-16)20(24)21-9-10-25-15(13-21)12-19(22)23/h2-8,11,15H,9-10,12-13H2,1H3,(H,22,23). The second kappa shape index (κ2) is 8.38. The summed E-state index contributed by atoms with van der Waals surface area (Å²) in [7, 11) is 0. The van der Waals surface area contributed by atoms with Crippen molar-refractivity contribution in [2.75, 3.05) is 19.7 Å². The summed E-state index contributed by atoms with van der Waals surface area (Å²) in [6, 6.07) is 15.7. The summed E-state index contributed by atoms with van der Waals surface area (Å²) in [5, 5.41) is 8.96. The van der Waals surface area contributed by atoms with Gasteiger partial charge >= 0.3 is 5.97 Å². The molecule has 3 rings (SSSR count). The second-order valence-corrected chi connectivity index (χ2v) is 7.37. The number of nitrogens with zero attached hydrogens (tertiary/aromatic N) is 1. The average Bonchev–Trinajstić information content (AvgIpc) is 2.62. The zero-order valence-electron chi connectivity index (χ0n) is 14.6. The lowest BCUT2D eigenvalue weighted by Crippen LogP contribution is -2.46. The number of aryl methyl sites for hydroxylation is 1. The van der Waals surface area contributed by atoms with Crippen molar-refractivity contribution in [3.05, 3.63) is 59.7 Å². The molecule has 1 atom stereocenters. The second-order valence-electron chi connectivity index (χ2n) is 6.26. The van der Waals surface area contributed by atoms with E-state index in [2.05, 4.69) is 0 Å². The summed E-state index contributed by atoms with van der Waals surface area (Å²) in [5.41, 5.74) is 1.73. The predicted molar refractivity (Wildman–Crippen MR) is 99.6 cm³/mol. The van der Waals surface area contributed by atoms with Gasteiger partial charge in [-0.2, -0.15) is 0 Å². The molecule has 0 saturated carbocycles. The highest BCUT2D eigenvalue weighted by molar-refractivity contribution is 7.99. The van der Waals surface area contributed by atoms with Crippen LogP contribution in [0.3, 0.4) is 0 Å². The highest BCUT2D eigenvalue weighted by atomic mass is 32.2. The molecule has 2 aromatic carbocycles. The molecule has 0 aromatic heterocycles. The number of carboxylic acid groups (broad SMARTS) is 1. The molecule has 2 aromatic rings. The van der Waals surface area contributed by atoms with Gasteiger partial charge in [-0.3, -0.25) is 9.59 Å². The molecular weight excluding hydrogens is 350 g/mol. The van der Waals surface area contributed by atoms with E-state index >= 15 is 0 Å². The minimum atomic E-state index is -0.917. The van der Waals surface area contributed by atoms with Gasteiger partial charge in [0.05, 0.1) is 24.7 Å². The first-order valence-electron chi connectivity index (χ1n) is 8.49. The Labute approximate surface area is 157 Å². The number of hydrogen-bond acceptors (Lipinski definition) is 4. The maximum atomic E-state index is 13.1. The highest BCUT2D eigenvalue weighted by Gasteiger charge is 2.27. The molecule has 1 unspecified atom stereocenters. The Morgan fingerprint density at radius 3 is 2.73 bits per heavy atom. The Morgan fingerprint density at radius 1 is 1.23 bits per heavy atom. The largest absolute Gasteiger partial charge is 0.481 e. The number of hydrogen-bond donors (Lipinski definition) is 1. The van der Waals surface area contributed by atoms with E-state index in [4.69, 9.17) is 9.84 Å². The summed E-state index contributed by atoms with van der Waals surface area (Å²) < 4.78 is 5.47. The van der Waals surface area contributed by atoms with Crippen molar-refractivity contribution in [1.82, 2.24) is 4.90 Å². The van der Waals surface area contributed by atoms with Crippen LogP contribution in [0.4, 0.5) is 0 Å². The van der Waals surface area contributed by atoms with Crippen LogP contribution in [0.5, 0.6) is 0 Å². The SMILES string of the molecule is Cc1ccc(C(=O)N2CCOC(CC(=O)O)C2)c(Sc2ccccc2)c1. The predicted octanol–water partition coefficient (Wildman–Crippen LogP) is 3.46. The number of benzene rings is 2. The molecule has 1 aliphatic heterocycles. The van der Waals surface area contributed by atoms with Gasteiger partial charge in [-0.15, -0.1) is 0 Å². The minimum absolute atomic E-state index is 0.0814. The zero-order chi connectivity index (χ0) is 18.5. The fraction of sp³-hybridized carbons (Fsp3) is 0.300. The van der Waals surface area contributed by atoms with E-state index in [0.29, 0.717) is 25.3 Å². The molecule has 0 aliphatic carbocycles. The lowest BCUT2D eigenvalue weighted by Gasteiger charge is -2.32. The number of carbonyl (C=O) groups is 2. The lowest BCUT2D eigenvalue weighted by atomic mass is 10.1. The third-order valence-corrected chi connectivity index (χ3v) is 5.23. The van der Waals surface area contributed by atoms with E-state index in [1.165, 1.54) is 0 Å². The van der Waals surface area contributed by atoms with E-state index in [9.17, 15) is 9.59 Å². The Hall–Kier alpha value is -2.31. The fourth-order valence-corrected chi connectivity index (χ4v) is 3.96. The third-order valence-electron chi connectivity index (χ3n) is 4.17. The smallest absolute Gasteiger partial charge is 0.306 e. The van der Waals surface area contributed by atoms with Crippen LogP contribution in [0.25, 0.3) is 0 Å². The number of amides is 1. The first kappa shape index (κ1) is 18.5. The zero-order valence-corrected chi connectivity index (χ0v) is 15.4. The Bertz CT molecular complexity index is 794. The molecule has 5 nitrogen and oxygen atoms in total. The summed E-state index contributed by atoms with van der Waals surface area (Å²) in [6.45, 7) is 3.13. The van der Waals surface area contributed by atoms with Crippen LogP contribution in [0.15, 0.2) is 58.3 Å². The molecule has 0 bridgehead atoms. The summed E-state index contributed by atoms with van der Waals surface area (Å²) in [5.74, 6) is -0.998. The molecule has 1 fully saturated rings. The number of rotatable bonds is 5. The van der Waals surface area contributed by atoms with Crippen molar-refractivity contribution in [2.24, 2.45) is 0 Å². The molecule has 26 heavy (non-hydrogen) atoms. The molecule has 6 heteroatoms. The van der Waals surface area contributed by atoms with Gasteiger partial charge in [0, 0.05) is 22.9 Å². The van der Waals surface area contributed by atoms with Gasteiger partial charge in [-0.25, -0.2) is 0 Å². The normalized spacial score (nSPS) is 17.1. The minimum Gasteiger partial charge on any atom is -0.481 e. The van der Waals surface area contributed by atoms with Gasteiger partial charge in [-0.05, 0) is 36.8 Å². The highest BCUT2D eigenvalue weighted by Crippen LogP contribution is 2.32. The average molecular weight is 371 g/mol. The first-order valence-corrected chi connectivity index (χ1v) is 9.31. The molecule has 1 N–H and O–H groups in total. The van der Waals surface area contributed by atoms with Crippen LogP contribution in [0.1, 0.15) is 22.3 Å². The van der Waals surface area contributed by atoms with E-state index in [1.54, 1.807) is 16.7 Å². The van der Waals surface area contributed by atoms with Gasteiger partial charge in [-0.1, -0.05) is 36.0 Å². The maximum Gasteiger partial charge on any atom is 0.306 e. The fourth-order valence-electron chi connectivity index (χ4n) is 2.90. The van der Waals surface area contributed by atoms with E-state index in [1.807, 2.05) is 55.5 Å². The van der Waals surface area contributed by atoms with E-state index in [0.717, 1.165) is 15.4 Å².